The summed E-state index contributed by atoms with van der Waals surface area (Å²) in [6.45, 7) is 2.01. The van der Waals surface area contributed by atoms with Crippen LogP contribution in [0.2, 0.25) is 0 Å². The van der Waals surface area contributed by atoms with Crippen molar-refractivity contribution in [2.75, 3.05) is 5.75 Å². The first-order chi connectivity index (χ1) is 11.2. The molecule has 1 aromatic heterocycles. The molecular weight excluding hydrogens is 306 g/mol. The number of rotatable bonds is 7. The fraction of sp³-hybridized carbons (Fsp3) is 0.278. The van der Waals surface area contributed by atoms with E-state index in [0.717, 1.165) is 12.8 Å². The van der Waals surface area contributed by atoms with Gasteiger partial charge in [-0.25, -0.2) is 4.98 Å². The molecule has 1 N–H and O–H groups in total. The van der Waals surface area contributed by atoms with E-state index in [0.29, 0.717) is 10.6 Å². The van der Waals surface area contributed by atoms with Crippen LogP contribution in [0.3, 0.4) is 0 Å². The molecule has 0 bridgehead atoms. The number of benzene rings is 1. The second kappa shape index (κ2) is 8.96. The van der Waals surface area contributed by atoms with Gasteiger partial charge in [0.25, 0.3) is 0 Å². The summed E-state index contributed by atoms with van der Waals surface area (Å²) in [6, 6.07) is 15.8. The molecule has 0 saturated carbocycles. The van der Waals surface area contributed by atoms with Crippen molar-refractivity contribution >= 4 is 17.7 Å². The smallest absolute Gasteiger partial charge is 0.230 e. The predicted molar refractivity (Wildman–Crippen MR) is 92.0 cm³/mol. The van der Waals surface area contributed by atoms with Gasteiger partial charge in [-0.2, -0.15) is 5.26 Å². The highest BCUT2D eigenvalue weighted by atomic mass is 32.2. The molecule has 4 nitrogen and oxygen atoms in total. The standard InChI is InChI=1S/C18H19N3OS/c1-14(9-10-15-6-3-2-4-7-15)21-17(22)13-23-18-16(12-19)8-5-11-20-18/h2-8,11,14H,9-10,13H2,1H3,(H,21,22). The maximum absolute atomic E-state index is 12.0. The molecule has 0 radical (unpaired) electrons. The number of thioether (sulfide) groups is 1. The van der Waals surface area contributed by atoms with Crippen molar-refractivity contribution < 1.29 is 4.79 Å². The summed E-state index contributed by atoms with van der Waals surface area (Å²) >= 11 is 1.29. The molecule has 5 heteroatoms. The number of hydrogen-bond donors (Lipinski definition) is 1. The van der Waals surface area contributed by atoms with Gasteiger partial charge in [-0.15, -0.1) is 0 Å². The Kier molecular flexibility index (Phi) is 6.64. The van der Waals surface area contributed by atoms with Crippen LogP contribution in [0.15, 0.2) is 53.7 Å². The van der Waals surface area contributed by atoms with Gasteiger partial charge in [0.1, 0.15) is 11.1 Å². The third-order valence-electron chi connectivity index (χ3n) is 3.35. The molecule has 1 atom stereocenters. The number of carbonyl (C=O) groups is 1. The van der Waals surface area contributed by atoms with E-state index in [4.69, 9.17) is 5.26 Å². The van der Waals surface area contributed by atoms with Crippen molar-refractivity contribution in [3.05, 3.63) is 59.8 Å². The average molecular weight is 325 g/mol. The van der Waals surface area contributed by atoms with Crippen LogP contribution in [0, 0.1) is 11.3 Å². The zero-order valence-electron chi connectivity index (χ0n) is 13.0. The molecule has 0 aliphatic heterocycles. The van der Waals surface area contributed by atoms with Crippen LogP contribution in [0.5, 0.6) is 0 Å². The Bertz CT molecular complexity index is 682. The largest absolute Gasteiger partial charge is 0.353 e. The Hall–Kier alpha value is -2.32. The van der Waals surface area contributed by atoms with Gasteiger partial charge in [-0.3, -0.25) is 4.79 Å². The van der Waals surface area contributed by atoms with Gasteiger partial charge < -0.3 is 5.32 Å². The summed E-state index contributed by atoms with van der Waals surface area (Å²) in [6.07, 6.45) is 3.46. The van der Waals surface area contributed by atoms with E-state index in [1.165, 1.54) is 17.3 Å². The Labute approximate surface area is 140 Å². The van der Waals surface area contributed by atoms with Crippen LogP contribution in [0.1, 0.15) is 24.5 Å². The highest BCUT2D eigenvalue weighted by molar-refractivity contribution is 7.99. The summed E-state index contributed by atoms with van der Waals surface area (Å²) in [5.41, 5.74) is 1.78. The molecule has 118 valence electrons. The lowest BCUT2D eigenvalue weighted by Gasteiger charge is -2.13. The molecule has 1 aromatic carbocycles. The van der Waals surface area contributed by atoms with Gasteiger partial charge in [-0.1, -0.05) is 42.1 Å². The summed E-state index contributed by atoms with van der Waals surface area (Å²) in [4.78, 5) is 16.1. The molecule has 0 aliphatic rings. The third kappa shape index (κ3) is 5.76. The maximum atomic E-state index is 12.0. The molecule has 0 fully saturated rings. The minimum atomic E-state index is -0.0369. The Balaban J connectivity index is 1.75. The normalized spacial score (nSPS) is 11.5. The van der Waals surface area contributed by atoms with Gasteiger partial charge in [0, 0.05) is 12.2 Å². The van der Waals surface area contributed by atoms with Crippen LogP contribution in [0.4, 0.5) is 0 Å². The van der Waals surface area contributed by atoms with E-state index in [1.807, 2.05) is 25.1 Å². The Morgan fingerprint density at radius 2 is 2.09 bits per heavy atom. The highest BCUT2D eigenvalue weighted by Gasteiger charge is 2.10. The lowest BCUT2D eigenvalue weighted by atomic mass is 10.1. The molecular formula is C18H19N3OS. The van der Waals surface area contributed by atoms with Gasteiger partial charge >= 0.3 is 0 Å². The van der Waals surface area contributed by atoms with Gasteiger partial charge in [-0.05, 0) is 37.5 Å². The summed E-state index contributed by atoms with van der Waals surface area (Å²) in [7, 11) is 0. The van der Waals surface area contributed by atoms with Crippen LogP contribution in [-0.4, -0.2) is 22.7 Å². The van der Waals surface area contributed by atoms with Crippen molar-refractivity contribution in [3.63, 3.8) is 0 Å². The minimum Gasteiger partial charge on any atom is -0.353 e. The first kappa shape index (κ1) is 17.0. The van der Waals surface area contributed by atoms with E-state index >= 15 is 0 Å². The Morgan fingerprint density at radius 1 is 1.30 bits per heavy atom. The lowest BCUT2D eigenvalue weighted by molar-refractivity contribution is -0.119. The molecule has 1 amide bonds. The number of pyridine rings is 1. The quantitative estimate of drug-likeness (QED) is 0.794. The first-order valence-corrected chi connectivity index (χ1v) is 8.49. The second-order valence-electron chi connectivity index (χ2n) is 5.25. The highest BCUT2D eigenvalue weighted by Crippen LogP contribution is 2.18. The third-order valence-corrected chi connectivity index (χ3v) is 4.35. The minimum absolute atomic E-state index is 0.0369. The van der Waals surface area contributed by atoms with Crippen LogP contribution < -0.4 is 5.32 Å². The zero-order chi connectivity index (χ0) is 16.5. The van der Waals surface area contributed by atoms with Crippen molar-refractivity contribution in [2.24, 2.45) is 0 Å². The van der Waals surface area contributed by atoms with Crippen LogP contribution >= 0.6 is 11.8 Å². The summed E-state index contributed by atoms with van der Waals surface area (Å²) in [5.74, 6) is 0.228. The van der Waals surface area contributed by atoms with Crippen molar-refractivity contribution in [1.82, 2.24) is 10.3 Å². The number of aromatic nitrogens is 1. The molecule has 2 rings (SSSR count). The van der Waals surface area contributed by atoms with Crippen LogP contribution in [0.25, 0.3) is 0 Å². The maximum Gasteiger partial charge on any atom is 0.230 e. The van der Waals surface area contributed by atoms with E-state index in [9.17, 15) is 4.79 Å². The number of nitriles is 1. The monoisotopic (exact) mass is 325 g/mol. The fourth-order valence-corrected chi connectivity index (χ4v) is 2.90. The molecule has 0 aliphatic carbocycles. The van der Waals surface area contributed by atoms with E-state index in [1.54, 1.807) is 18.3 Å². The molecule has 23 heavy (non-hydrogen) atoms. The summed E-state index contributed by atoms with van der Waals surface area (Å²) in [5, 5.41) is 12.6. The molecule has 0 spiro atoms. The van der Waals surface area contributed by atoms with Crippen LogP contribution in [-0.2, 0) is 11.2 Å². The number of nitrogens with zero attached hydrogens (tertiary/aromatic N) is 2. The molecule has 2 aromatic rings. The Morgan fingerprint density at radius 3 is 2.83 bits per heavy atom. The lowest BCUT2D eigenvalue weighted by Crippen LogP contribution is -2.34. The first-order valence-electron chi connectivity index (χ1n) is 7.50. The molecule has 0 saturated heterocycles. The van der Waals surface area contributed by atoms with Gasteiger partial charge in [0.15, 0.2) is 0 Å². The number of amides is 1. The number of nitrogens with one attached hydrogen (secondary N) is 1. The van der Waals surface area contributed by atoms with E-state index < -0.39 is 0 Å². The van der Waals surface area contributed by atoms with E-state index in [-0.39, 0.29) is 17.7 Å². The van der Waals surface area contributed by atoms with Gasteiger partial charge in [0.2, 0.25) is 5.91 Å². The topological polar surface area (TPSA) is 65.8 Å². The SMILES string of the molecule is CC(CCc1ccccc1)NC(=O)CSc1ncccc1C#N. The predicted octanol–water partition coefficient (Wildman–Crippen LogP) is 3.18. The molecule has 1 unspecified atom stereocenters. The number of aryl methyl sites for hydroxylation is 1. The zero-order valence-corrected chi connectivity index (χ0v) is 13.8. The van der Waals surface area contributed by atoms with Crippen molar-refractivity contribution in [1.29, 1.82) is 5.26 Å². The molecule has 1 heterocycles. The van der Waals surface area contributed by atoms with Crippen molar-refractivity contribution in [2.45, 2.75) is 30.8 Å². The fourth-order valence-electron chi connectivity index (χ4n) is 2.14. The van der Waals surface area contributed by atoms with Gasteiger partial charge in [0.05, 0.1) is 11.3 Å². The number of hydrogen-bond acceptors (Lipinski definition) is 4. The van der Waals surface area contributed by atoms with E-state index in [2.05, 4.69) is 28.5 Å². The van der Waals surface area contributed by atoms with Crippen molar-refractivity contribution in [3.8, 4) is 6.07 Å². The average Bonchev–Trinajstić information content (AvgIpc) is 2.59. The second-order valence-corrected chi connectivity index (χ2v) is 6.21. The summed E-state index contributed by atoms with van der Waals surface area (Å²) < 4.78 is 0. The number of carbonyl (C=O) groups excluding carboxylic acids is 1.